The van der Waals surface area contributed by atoms with Gasteiger partial charge in [0.05, 0.1) is 40.8 Å². The monoisotopic (exact) mass is 437 g/mol. The number of dihydropyridines is 1. The Kier molecular flexibility index (Phi) is 6.67. The Morgan fingerprint density at radius 1 is 1.18 bits per heavy atom. The van der Waals surface area contributed by atoms with Crippen LogP contribution in [-0.4, -0.2) is 31.8 Å². The van der Waals surface area contributed by atoms with Crippen LogP contribution in [0.4, 0.5) is 13.2 Å². The van der Waals surface area contributed by atoms with Crippen molar-refractivity contribution in [3.8, 4) is 0 Å². The van der Waals surface area contributed by atoms with E-state index in [2.05, 4.69) is 5.32 Å². The van der Waals surface area contributed by atoms with Gasteiger partial charge in [-0.25, -0.2) is 9.59 Å². The van der Waals surface area contributed by atoms with Gasteiger partial charge in [0, 0.05) is 5.70 Å². The quantitative estimate of drug-likeness (QED) is 0.702. The standard InChI is InChI=1S/C18H16Cl2F3NO4/c1-4-28-17(26)13-12(9-6-5-7-10(19)14(9)20)11(16(25)27-3)8(2)24-15(13)18(21,22)23/h5-7,12,24H,4H2,1-3H3. The van der Waals surface area contributed by atoms with Crippen LogP contribution in [0, 0.1) is 0 Å². The molecule has 1 aliphatic rings. The van der Waals surface area contributed by atoms with E-state index < -0.39 is 35.3 Å². The molecule has 5 nitrogen and oxygen atoms in total. The first-order valence-electron chi connectivity index (χ1n) is 8.03. The lowest BCUT2D eigenvalue weighted by molar-refractivity contribution is -0.141. The summed E-state index contributed by atoms with van der Waals surface area (Å²) in [5.41, 5.74) is -2.43. The smallest absolute Gasteiger partial charge is 0.431 e. The van der Waals surface area contributed by atoms with Crippen molar-refractivity contribution >= 4 is 35.1 Å². The minimum absolute atomic E-state index is 0.0419. The average Bonchev–Trinajstić information content (AvgIpc) is 2.62. The Bertz CT molecular complexity index is 878. The largest absolute Gasteiger partial charge is 0.466 e. The molecular formula is C18H16Cl2F3NO4. The SMILES string of the molecule is CCOC(=O)C1=C(C(F)(F)F)NC(C)=C(C(=O)OC)C1c1cccc(Cl)c1Cl. The molecular weight excluding hydrogens is 422 g/mol. The molecule has 1 aromatic carbocycles. The van der Waals surface area contributed by atoms with Crippen molar-refractivity contribution in [3.63, 3.8) is 0 Å². The summed E-state index contributed by atoms with van der Waals surface area (Å²) in [5, 5.41) is 2.06. The number of alkyl halides is 3. The molecule has 1 unspecified atom stereocenters. The second-order valence-corrected chi connectivity index (χ2v) is 6.52. The van der Waals surface area contributed by atoms with Gasteiger partial charge < -0.3 is 14.8 Å². The molecule has 1 N–H and O–H groups in total. The van der Waals surface area contributed by atoms with Gasteiger partial charge >= 0.3 is 18.1 Å². The minimum atomic E-state index is -4.92. The predicted octanol–water partition coefficient (Wildman–Crippen LogP) is 4.51. The fraction of sp³-hybridized carbons (Fsp3) is 0.333. The molecule has 1 heterocycles. The molecule has 0 saturated heterocycles. The van der Waals surface area contributed by atoms with E-state index in [4.69, 9.17) is 32.7 Å². The van der Waals surface area contributed by atoms with Gasteiger partial charge in [-0.3, -0.25) is 0 Å². The average molecular weight is 438 g/mol. The highest BCUT2D eigenvalue weighted by atomic mass is 35.5. The van der Waals surface area contributed by atoms with Gasteiger partial charge in [-0.05, 0) is 25.5 Å². The number of carbonyl (C=O) groups is 2. The molecule has 10 heteroatoms. The first kappa shape index (κ1) is 22.1. The maximum atomic E-state index is 13.7. The van der Waals surface area contributed by atoms with Crippen molar-refractivity contribution < 1.29 is 32.2 Å². The zero-order valence-electron chi connectivity index (χ0n) is 15.0. The summed E-state index contributed by atoms with van der Waals surface area (Å²) in [6.45, 7) is 2.55. The van der Waals surface area contributed by atoms with E-state index in [9.17, 15) is 22.8 Å². The van der Waals surface area contributed by atoms with Gasteiger partial charge in [0.15, 0.2) is 0 Å². The summed E-state index contributed by atoms with van der Waals surface area (Å²) >= 11 is 12.2. The Balaban J connectivity index is 2.89. The molecule has 1 aromatic rings. The van der Waals surface area contributed by atoms with E-state index in [0.717, 1.165) is 7.11 Å². The number of hydrogen-bond donors (Lipinski definition) is 1. The van der Waals surface area contributed by atoms with Crippen LogP contribution in [0.15, 0.2) is 40.7 Å². The van der Waals surface area contributed by atoms with E-state index in [0.29, 0.717) is 0 Å². The topological polar surface area (TPSA) is 64.6 Å². The number of esters is 2. The Morgan fingerprint density at radius 3 is 2.36 bits per heavy atom. The van der Waals surface area contributed by atoms with Gasteiger partial charge in [0.1, 0.15) is 5.70 Å². The zero-order valence-corrected chi connectivity index (χ0v) is 16.6. The van der Waals surface area contributed by atoms with Crippen LogP contribution in [0.3, 0.4) is 0 Å². The third-order valence-electron chi connectivity index (χ3n) is 4.04. The van der Waals surface area contributed by atoms with Crippen LogP contribution in [0.2, 0.25) is 10.0 Å². The minimum Gasteiger partial charge on any atom is -0.466 e. The van der Waals surface area contributed by atoms with E-state index in [1.54, 1.807) is 0 Å². The molecule has 1 atom stereocenters. The third-order valence-corrected chi connectivity index (χ3v) is 4.87. The highest BCUT2D eigenvalue weighted by molar-refractivity contribution is 6.42. The van der Waals surface area contributed by atoms with Crippen molar-refractivity contribution in [3.05, 3.63) is 56.3 Å². The van der Waals surface area contributed by atoms with Crippen LogP contribution in [-0.2, 0) is 19.1 Å². The van der Waals surface area contributed by atoms with Crippen LogP contribution in [0.5, 0.6) is 0 Å². The lowest BCUT2D eigenvalue weighted by Crippen LogP contribution is -2.38. The maximum absolute atomic E-state index is 13.7. The van der Waals surface area contributed by atoms with E-state index in [1.165, 1.54) is 32.0 Å². The zero-order chi connectivity index (χ0) is 21.2. The molecule has 0 saturated carbocycles. The number of allylic oxidation sites excluding steroid dienone is 2. The van der Waals surface area contributed by atoms with Crippen LogP contribution >= 0.6 is 23.2 Å². The molecule has 0 spiro atoms. The third kappa shape index (κ3) is 4.12. The first-order chi connectivity index (χ1) is 13.0. The fourth-order valence-electron chi connectivity index (χ4n) is 2.92. The fourth-order valence-corrected chi connectivity index (χ4v) is 3.33. The highest BCUT2D eigenvalue weighted by Gasteiger charge is 2.47. The van der Waals surface area contributed by atoms with Gasteiger partial charge in [0.2, 0.25) is 0 Å². The number of benzene rings is 1. The molecule has 152 valence electrons. The Hall–Kier alpha value is -2.19. The number of nitrogens with one attached hydrogen (secondary N) is 1. The maximum Gasteiger partial charge on any atom is 0.431 e. The van der Waals surface area contributed by atoms with Gasteiger partial charge in [0.25, 0.3) is 0 Å². The Labute approximate surface area is 169 Å². The molecule has 0 bridgehead atoms. The highest BCUT2D eigenvalue weighted by Crippen LogP contribution is 2.46. The molecule has 1 aliphatic heterocycles. The number of methoxy groups -OCH3 is 1. The Morgan fingerprint density at radius 2 is 1.82 bits per heavy atom. The van der Waals surface area contributed by atoms with Gasteiger partial charge in [-0.1, -0.05) is 35.3 Å². The molecule has 0 aromatic heterocycles. The molecule has 0 fully saturated rings. The number of ether oxygens (including phenoxy) is 2. The summed E-state index contributed by atoms with van der Waals surface area (Å²) in [5.74, 6) is -3.65. The second kappa shape index (κ2) is 8.45. The summed E-state index contributed by atoms with van der Waals surface area (Å²) in [6.07, 6.45) is -4.92. The summed E-state index contributed by atoms with van der Waals surface area (Å²) in [7, 11) is 1.08. The van der Waals surface area contributed by atoms with Crippen molar-refractivity contribution in [1.29, 1.82) is 0 Å². The van der Waals surface area contributed by atoms with E-state index >= 15 is 0 Å². The molecule has 0 radical (unpaired) electrons. The number of carbonyl (C=O) groups excluding carboxylic acids is 2. The molecule has 28 heavy (non-hydrogen) atoms. The summed E-state index contributed by atoms with van der Waals surface area (Å²) in [4.78, 5) is 24.9. The number of hydrogen-bond acceptors (Lipinski definition) is 5. The van der Waals surface area contributed by atoms with Crippen LogP contribution in [0.25, 0.3) is 0 Å². The second-order valence-electron chi connectivity index (χ2n) is 5.74. The molecule has 2 rings (SSSR count). The van der Waals surface area contributed by atoms with E-state index in [1.807, 2.05) is 0 Å². The van der Waals surface area contributed by atoms with Gasteiger partial charge in [-0.2, -0.15) is 13.2 Å². The van der Waals surface area contributed by atoms with Gasteiger partial charge in [-0.15, -0.1) is 0 Å². The van der Waals surface area contributed by atoms with E-state index in [-0.39, 0.29) is 33.5 Å². The van der Waals surface area contributed by atoms with Crippen LogP contribution in [0.1, 0.15) is 25.3 Å². The van der Waals surface area contributed by atoms with Crippen molar-refractivity contribution in [2.24, 2.45) is 0 Å². The number of rotatable bonds is 4. The molecule has 0 amide bonds. The lowest BCUT2D eigenvalue weighted by Gasteiger charge is -2.32. The van der Waals surface area contributed by atoms with Crippen molar-refractivity contribution in [2.45, 2.75) is 25.9 Å². The summed E-state index contributed by atoms with van der Waals surface area (Å²) in [6, 6.07) is 4.26. The van der Waals surface area contributed by atoms with Crippen molar-refractivity contribution in [1.82, 2.24) is 5.32 Å². The first-order valence-corrected chi connectivity index (χ1v) is 8.78. The summed E-state index contributed by atoms with van der Waals surface area (Å²) < 4.78 is 50.7. The lowest BCUT2D eigenvalue weighted by atomic mass is 9.80. The van der Waals surface area contributed by atoms with Crippen molar-refractivity contribution in [2.75, 3.05) is 13.7 Å². The number of halogens is 5. The molecule has 0 aliphatic carbocycles. The normalized spacial score (nSPS) is 17.4. The van der Waals surface area contributed by atoms with Crippen LogP contribution < -0.4 is 5.32 Å². The predicted molar refractivity (Wildman–Crippen MR) is 96.8 cm³/mol.